The van der Waals surface area contributed by atoms with Crippen LogP contribution in [0.15, 0.2) is 64.6 Å². The number of quaternary nitrogens is 1. The molecule has 3 rings (SSSR count). The van der Waals surface area contributed by atoms with Crippen LogP contribution in [0.4, 0.5) is 17.1 Å². The van der Waals surface area contributed by atoms with Gasteiger partial charge in [-0.1, -0.05) is 11.6 Å². The van der Waals surface area contributed by atoms with E-state index in [2.05, 4.69) is 42.5 Å². The Morgan fingerprint density at radius 1 is 1.12 bits per heavy atom. The molecule has 0 spiro atoms. The van der Waals surface area contributed by atoms with Crippen molar-refractivity contribution in [3.8, 4) is 0 Å². The zero-order chi connectivity index (χ0) is 18.0. The van der Waals surface area contributed by atoms with Crippen LogP contribution in [0.5, 0.6) is 0 Å². The summed E-state index contributed by atoms with van der Waals surface area (Å²) in [7, 11) is 6.32. The van der Waals surface area contributed by atoms with Crippen LogP contribution in [0.2, 0.25) is 0 Å². The van der Waals surface area contributed by atoms with E-state index in [1.165, 1.54) is 0 Å². The lowest BCUT2D eigenvalue weighted by Gasteiger charge is -2.23. The number of benzene rings is 1. The van der Waals surface area contributed by atoms with Gasteiger partial charge in [-0.15, -0.1) is 5.11 Å². The van der Waals surface area contributed by atoms with Gasteiger partial charge in [0.15, 0.2) is 5.78 Å². The van der Waals surface area contributed by atoms with Crippen LogP contribution in [0, 0.1) is 0 Å². The number of aromatic nitrogens is 2. The van der Waals surface area contributed by atoms with E-state index in [1.54, 1.807) is 23.2 Å². The molecular weight excluding hydrogens is 350 g/mol. The number of nitrogens with zero attached hydrogens (tertiary/aromatic N) is 5. The van der Waals surface area contributed by atoms with E-state index < -0.39 is 0 Å². The van der Waals surface area contributed by atoms with Gasteiger partial charge >= 0.3 is 0 Å². The third kappa shape index (κ3) is 4.74. The molecule has 0 amide bonds. The van der Waals surface area contributed by atoms with Crippen LogP contribution in [0.25, 0.3) is 5.70 Å². The summed E-state index contributed by atoms with van der Waals surface area (Å²) >= 11 is 0. The van der Waals surface area contributed by atoms with Gasteiger partial charge in [-0.05, 0) is 25.1 Å². The van der Waals surface area contributed by atoms with Crippen LogP contribution in [-0.4, -0.2) is 36.7 Å². The average Bonchev–Trinajstić information content (AvgIpc) is 3.00. The molecular formula is C19H22ClN5O. The summed E-state index contributed by atoms with van der Waals surface area (Å²) in [5.41, 5.74) is 4.36. The van der Waals surface area contributed by atoms with Crippen molar-refractivity contribution < 1.29 is 17.2 Å². The Morgan fingerprint density at radius 2 is 1.85 bits per heavy atom. The number of carbonyl (C=O) groups excluding carboxylic acids is 1. The topological polar surface area (TPSA) is 59.6 Å². The van der Waals surface area contributed by atoms with E-state index in [4.69, 9.17) is 0 Å². The first-order chi connectivity index (χ1) is 11.8. The van der Waals surface area contributed by atoms with Crippen molar-refractivity contribution in [2.75, 3.05) is 21.1 Å². The highest BCUT2D eigenvalue weighted by Gasteiger charge is 2.13. The number of allylic oxidation sites excluding steroid dienone is 4. The third-order valence-corrected chi connectivity index (χ3v) is 3.88. The molecule has 1 aliphatic carbocycles. The summed E-state index contributed by atoms with van der Waals surface area (Å²) in [6.07, 6.45) is 7.43. The summed E-state index contributed by atoms with van der Waals surface area (Å²) in [6, 6.07) is 7.98. The van der Waals surface area contributed by atoms with Gasteiger partial charge in [0.05, 0.1) is 44.9 Å². The van der Waals surface area contributed by atoms with Gasteiger partial charge in [-0.2, -0.15) is 10.2 Å². The van der Waals surface area contributed by atoms with E-state index in [1.807, 2.05) is 31.2 Å². The molecule has 0 saturated heterocycles. The Morgan fingerprint density at radius 3 is 2.54 bits per heavy atom. The van der Waals surface area contributed by atoms with Gasteiger partial charge in [-0.3, -0.25) is 9.28 Å². The second kappa shape index (κ2) is 7.76. The fourth-order valence-electron chi connectivity index (χ4n) is 2.56. The zero-order valence-corrected chi connectivity index (χ0v) is 16.1. The van der Waals surface area contributed by atoms with Crippen molar-refractivity contribution in [1.29, 1.82) is 0 Å². The lowest BCUT2D eigenvalue weighted by Crippen LogP contribution is -3.00. The second-order valence-electron chi connectivity index (χ2n) is 7.08. The van der Waals surface area contributed by atoms with Gasteiger partial charge in [0, 0.05) is 18.6 Å². The van der Waals surface area contributed by atoms with Crippen molar-refractivity contribution in [2.24, 2.45) is 10.2 Å². The minimum absolute atomic E-state index is 0. The molecule has 0 radical (unpaired) electrons. The normalized spacial score (nSPS) is 14.8. The second-order valence-corrected chi connectivity index (χ2v) is 7.08. The van der Waals surface area contributed by atoms with E-state index >= 15 is 0 Å². The first-order valence-electron chi connectivity index (χ1n) is 8.12. The lowest BCUT2D eigenvalue weighted by molar-refractivity contribution is -0.114. The first kappa shape index (κ1) is 19.8. The number of hydrogen-bond acceptors (Lipinski definition) is 4. The summed E-state index contributed by atoms with van der Waals surface area (Å²) < 4.78 is 2.37. The molecule has 0 saturated carbocycles. The maximum atomic E-state index is 11.7. The predicted molar refractivity (Wildman–Crippen MR) is 100 cm³/mol. The summed E-state index contributed by atoms with van der Waals surface area (Å²) in [5, 5.41) is 12.8. The van der Waals surface area contributed by atoms with Crippen LogP contribution >= 0.6 is 0 Å². The molecule has 0 fully saturated rings. The highest BCUT2D eigenvalue weighted by atomic mass is 35.5. The number of ketones is 1. The maximum absolute atomic E-state index is 11.7. The molecule has 0 atom stereocenters. The third-order valence-electron chi connectivity index (χ3n) is 3.88. The molecule has 0 bridgehead atoms. The highest BCUT2D eigenvalue weighted by Crippen LogP contribution is 2.25. The van der Waals surface area contributed by atoms with Crippen molar-refractivity contribution in [1.82, 2.24) is 14.3 Å². The highest BCUT2D eigenvalue weighted by molar-refractivity contribution is 5.99. The molecule has 1 heterocycles. The molecule has 0 aliphatic heterocycles. The van der Waals surface area contributed by atoms with Crippen LogP contribution < -0.4 is 16.9 Å². The SMILES string of the molecule is CC1=CC(n2cc(/N=N/c3cccc([N+](C)(C)C)c3)cn2)=CC(=O)C1.[Cl-]. The lowest BCUT2D eigenvalue weighted by atomic mass is 10.0. The Bertz CT molecular complexity index is 903. The number of rotatable bonds is 4. The predicted octanol–water partition coefficient (Wildman–Crippen LogP) is 1.26. The monoisotopic (exact) mass is 371 g/mol. The maximum Gasteiger partial charge on any atom is 0.161 e. The van der Waals surface area contributed by atoms with Crippen LogP contribution in [-0.2, 0) is 4.79 Å². The van der Waals surface area contributed by atoms with Gasteiger partial charge < -0.3 is 12.4 Å². The van der Waals surface area contributed by atoms with E-state index in [0.29, 0.717) is 12.1 Å². The van der Waals surface area contributed by atoms with Crippen molar-refractivity contribution in [3.63, 3.8) is 0 Å². The van der Waals surface area contributed by atoms with Gasteiger partial charge in [0.1, 0.15) is 11.4 Å². The Hall–Kier alpha value is -2.57. The smallest absolute Gasteiger partial charge is 0.161 e. The van der Waals surface area contributed by atoms with Crippen LogP contribution in [0.3, 0.4) is 0 Å². The largest absolute Gasteiger partial charge is 1.00 e. The Kier molecular flexibility index (Phi) is 5.90. The molecule has 26 heavy (non-hydrogen) atoms. The standard InChI is InChI=1S/C19H22N5O.ClH/c1-14-8-17(11-19(25)9-14)23-13-16(12-20-23)22-21-15-6-5-7-18(10-15)24(2,3)4;/h5-8,10-13H,9H2,1-4H3;1H/q+1;/p-1/b22-21+;. The number of carbonyl (C=O) groups is 1. The number of halogens is 1. The molecule has 7 heteroatoms. The molecule has 6 nitrogen and oxygen atoms in total. The molecule has 2 aromatic rings. The summed E-state index contributed by atoms with van der Waals surface area (Å²) in [5.74, 6) is 0.0887. The van der Waals surface area contributed by atoms with Crippen LogP contribution in [0.1, 0.15) is 13.3 Å². The minimum Gasteiger partial charge on any atom is -1.00 e. The molecule has 1 aliphatic rings. The summed E-state index contributed by atoms with van der Waals surface area (Å²) in [4.78, 5) is 11.7. The van der Waals surface area contributed by atoms with Crippen molar-refractivity contribution >= 4 is 28.5 Å². The van der Waals surface area contributed by atoms with Gasteiger partial charge in [0.25, 0.3) is 0 Å². The van der Waals surface area contributed by atoms with E-state index in [-0.39, 0.29) is 18.2 Å². The Balaban J connectivity index is 0.00000243. The molecule has 1 aromatic carbocycles. The van der Waals surface area contributed by atoms with Gasteiger partial charge in [0.2, 0.25) is 0 Å². The number of azo groups is 1. The van der Waals surface area contributed by atoms with Crippen molar-refractivity contribution in [2.45, 2.75) is 13.3 Å². The Labute approximate surface area is 159 Å². The summed E-state index contributed by atoms with van der Waals surface area (Å²) in [6.45, 7) is 1.94. The minimum atomic E-state index is 0. The fourth-order valence-corrected chi connectivity index (χ4v) is 2.56. The van der Waals surface area contributed by atoms with Crippen molar-refractivity contribution in [3.05, 3.63) is 54.4 Å². The first-order valence-corrected chi connectivity index (χ1v) is 8.12. The fraction of sp³-hybridized carbons (Fsp3) is 0.263. The van der Waals surface area contributed by atoms with E-state index in [0.717, 1.165) is 27.1 Å². The molecule has 1 aromatic heterocycles. The van der Waals surface area contributed by atoms with E-state index in [9.17, 15) is 4.79 Å². The molecule has 0 unspecified atom stereocenters. The zero-order valence-electron chi connectivity index (χ0n) is 15.3. The van der Waals surface area contributed by atoms with Gasteiger partial charge in [-0.25, -0.2) is 4.68 Å². The average molecular weight is 372 g/mol. The number of hydrogen-bond donors (Lipinski definition) is 0. The molecule has 136 valence electrons. The quantitative estimate of drug-likeness (QED) is 0.600. The molecule has 0 N–H and O–H groups in total.